The van der Waals surface area contributed by atoms with Crippen LogP contribution in [0.25, 0.3) is 77.2 Å². The van der Waals surface area contributed by atoms with Gasteiger partial charge in [-0.05, 0) is 70.8 Å². The van der Waals surface area contributed by atoms with Crippen molar-refractivity contribution in [3.05, 3.63) is 170 Å². The minimum Gasteiger partial charge on any atom is -0.309 e. The molecule has 0 N–H and O–H groups in total. The van der Waals surface area contributed by atoms with Crippen molar-refractivity contribution in [2.45, 2.75) is 0 Å². The smallest absolute Gasteiger partial charge is 0.0541 e. The largest absolute Gasteiger partial charge is 0.309 e. The van der Waals surface area contributed by atoms with E-state index in [1.54, 1.807) is 0 Å². The molecule has 0 spiro atoms. The van der Waals surface area contributed by atoms with Crippen molar-refractivity contribution in [2.75, 3.05) is 0 Å². The predicted molar refractivity (Wildman–Crippen MR) is 186 cm³/mol. The first kappa shape index (κ1) is 24.7. The second kappa shape index (κ2) is 9.86. The molecule has 206 valence electrons. The van der Waals surface area contributed by atoms with Gasteiger partial charge in [0.2, 0.25) is 0 Å². The van der Waals surface area contributed by atoms with E-state index in [0.717, 1.165) is 11.4 Å². The summed E-state index contributed by atoms with van der Waals surface area (Å²) in [6.45, 7) is 0. The van der Waals surface area contributed by atoms with E-state index < -0.39 is 0 Å². The zero-order valence-electron chi connectivity index (χ0n) is 24.1. The first-order valence-corrected chi connectivity index (χ1v) is 15.1. The van der Waals surface area contributed by atoms with Crippen LogP contribution in [0, 0.1) is 0 Å². The molecule has 0 aliphatic heterocycles. The molecule has 0 amide bonds. The molecule has 9 rings (SSSR count). The number of nitrogens with zero attached hydrogens (tertiary/aromatic N) is 2. The summed E-state index contributed by atoms with van der Waals surface area (Å²) in [7, 11) is 0. The molecule has 0 bridgehead atoms. The second-order valence-electron chi connectivity index (χ2n) is 11.4. The lowest BCUT2D eigenvalue weighted by atomic mass is 9.93. The Balaban J connectivity index is 1.28. The molecule has 2 heteroatoms. The van der Waals surface area contributed by atoms with Crippen LogP contribution < -0.4 is 0 Å². The topological polar surface area (TPSA) is 9.86 Å². The average Bonchev–Trinajstić information content (AvgIpc) is 3.62. The van der Waals surface area contributed by atoms with Gasteiger partial charge >= 0.3 is 0 Å². The van der Waals surface area contributed by atoms with Crippen LogP contribution >= 0.6 is 0 Å². The van der Waals surface area contributed by atoms with Crippen LogP contribution in [0.1, 0.15) is 0 Å². The van der Waals surface area contributed by atoms with E-state index in [1.165, 1.54) is 65.9 Å². The Morgan fingerprint density at radius 1 is 0.273 bits per heavy atom. The standard InChI is InChI=1S/C42H28N2/c1-2-13-29(14-3-1)38-28-32(44-41-23-10-6-19-36(41)37-20-7-11-24-42(37)44)25-26-33(38)30-15-12-16-31(27-30)43-39-21-8-4-17-34(39)35-18-5-9-22-40(35)43/h1-28H. The Labute approximate surface area is 255 Å². The van der Waals surface area contributed by atoms with E-state index in [-0.39, 0.29) is 0 Å². The molecule has 0 saturated carbocycles. The van der Waals surface area contributed by atoms with Crippen molar-refractivity contribution >= 4 is 43.6 Å². The second-order valence-corrected chi connectivity index (χ2v) is 11.4. The molecule has 0 radical (unpaired) electrons. The van der Waals surface area contributed by atoms with E-state index in [4.69, 9.17) is 0 Å². The molecule has 0 fully saturated rings. The van der Waals surface area contributed by atoms with E-state index in [1.807, 2.05) is 0 Å². The van der Waals surface area contributed by atoms with Gasteiger partial charge in [-0.3, -0.25) is 0 Å². The lowest BCUT2D eigenvalue weighted by Crippen LogP contribution is -1.97. The van der Waals surface area contributed by atoms with Crippen molar-refractivity contribution in [2.24, 2.45) is 0 Å². The molecule has 0 aliphatic rings. The van der Waals surface area contributed by atoms with Crippen LogP contribution in [0.15, 0.2) is 170 Å². The highest BCUT2D eigenvalue weighted by Crippen LogP contribution is 2.39. The molecule has 0 atom stereocenters. The molecule has 0 saturated heterocycles. The van der Waals surface area contributed by atoms with Gasteiger partial charge < -0.3 is 9.13 Å². The number of aromatic nitrogens is 2. The number of rotatable bonds is 4. The van der Waals surface area contributed by atoms with Crippen LogP contribution in [-0.4, -0.2) is 9.13 Å². The lowest BCUT2D eigenvalue weighted by Gasteiger charge is -2.16. The van der Waals surface area contributed by atoms with Crippen LogP contribution in [0.3, 0.4) is 0 Å². The number of benzene rings is 7. The third-order valence-electron chi connectivity index (χ3n) is 8.92. The van der Waals surface area contributed by atoms with E-state index in [9.17, 15) is 0 Å². The van der Waals surface area contributed by atoms with E-state index in [2.05, 4.69) is 179 Å². The minimum atomic E-state index is 1.16. The summed E-state index contributed by atoms with van der Waals surface area (Å²) in [6, 6.07) is 61.5. The number of para-hydroxylation sites is 4. The maximum Gasteiger partial charge on any atom is 0.0541 e. The third-order valence-corrected chi connectivity index (χ3v) is 8.92. The van der Waals surface area contributed by atoms with Crippen molar-refractivity contribution < 1.29 is 0 Å². The highest BCUT2D eigenvalue weighted by molar-refractivity contribution is 6.10. The fourth-order valence-electron chi connectivity index (χ4n) is 6.99. The average molecular weight is 561 g/mol. The normalized spacial score (nSPS) is 11.6. The quantitative estimate of drug-likeness (QED) is 0.203. The zero-order valence-corrected chi connectivity index (χ0v) is 24.1. The lowest BCUT2D eigenvalue weighted by molar-refractivity contribution is 1.18. The van der Waals surface area contributed by atoms with Gasteiger partial charge in [0.15, 0.2) is 0 Å². The Morgan fingerprint density at radius 2 is 0.705 bits per heavy atom. The molecule has 2 aromatic heterocycles. The Bertz CT molecular complexity index is 2390. The van der Waals surface area contributed by atoms with Gasteiger partial charge in [-0.15, -0.1) is 0 Å². The molecule has 44 heavy (non-hydrogen) atoms. The summed E-state index contributed by atoms with van der Waals surface area (Å²) in [4.78, 5) is 0. The number of hydrogen-bond acceptors (Lipinski definition) is 0. The van der Waals surface area contributed by atoms with Crippen molar-refractivity contribution in [3.8, 4) is 33.6 Å². The third kappa shape index (κ3) is 3.75. The van der Waals surface area contributed by atoms with Crippen LogP contribution in [-0.2, 0) is 0 Å². The van der Waals surface area contributed by atoms with Crippen molar-refractivity contribution in [1.82, 2.24) is 9.13 Å². The molecule has 2 heterocycles. The summed E-state index contributed by atoms with van der Waals surface area (Å²) < 4.78 is 4.79. The maximum absolute atomic E-state index is 2.40. The van der Waals surface area contributed by atoms with Crippen LogP contribution in [0.4, 0.5) is 0 Å². The highest BCUT2D eigenvalue weighted by atomic mass is 15.0. The minimum absolute atomic E-state index is 1.16. The summed E-state index contributed by atoms with van der Waals surface area (Å²) in [5.74, 6) is 0. The fourth-order valence-corrected chi connectivity index (χ4v) is 6.99. The summed E-state index contributed by atoms with van der Waals surface area (Å²) >= 11 is 0. The van der Waals surface area contributed by atoms with Gasteiger partial charge in [-0.25, -0.2) is 0 Å². The first-order chi connectivity index (χ1) is 21.8. The number of hydrogen-bond donors (Lipinski definition) is 0. The summed E-state index contributed by atoms with van der Waals surface area (Å²) in [6.07, 6.45) is 0. The van der Waals surface area contributed by atoms with Gasteiger partial charge in [0.25, 0.3) is 0 Å². The molecule has 0 aliphatic carbocycles. The Morgan fingerprint density at radius 3 is 1.23 bits per heavy atom. The molecule has 2 nitrogen and oxygen atoms in total. The first-order valence-electron chi connectivity index (χ1n) is 15.1. The van der Waals surface area contributed by atoms with Crippen LogP contribution in [0.2, 0.25) is 0 Å². The van der Waals surface area contributed by atoms with Gasteiger partial charge in [0, 0.05) is 32.9 Å². The molecule has 7 aromatic carbocycles. The van der Waals surface area contributed by atoms with Gasteiger partial charge in [-0.2, -0.15) is 0 Å². The Hall–Kier alpha value is -5.86. The number of fused-ring (bicyclic) bond motifs is 6. The zero-order chi connectivity index (χ0) is 29.0. The van der Waals surface area contributed by atoms with Gasteiger partial charge in [-0.1, -0.05) is 121 Å². The SMILES string of the molecule is c1ccc(-c2cc(-n3c4ccccc4c4ccccc43)ccc2-c2cccc(-n3c4ccccc4c4ccccc43)c2)cc1. The van der Waals surface area contributed by atoms with Gasteiger partial charge in [0.1, 0.15) is 0 Å². The summed E-state index contributed by atoms with van der Waals surface area (Å²) in [5, 5.41) is 5.09. The molecular formula is C42H28N2. The van der Waals surface area contributed by atoms with Crippen molar-refractivity contribution in [3.63, 3.8) is 0 Å². The monoisotopic (exact) mass is 560 g/mol. The van der Waals surface area contributed by atoms with Crippen LogP contribution in [0.5, 0.6) is 0 Å². The summed E-state index contributed by atoms with van der Waals surface area (Å²) in [5.41, 5.74) is 12.0. The molecular weight excluding hydrogens is 532 g/mol. The van der Waals surface area contributed by atoms with E-state index >= 15 is 0 Å². The Kier molecular flexibility index (Phi) is 5.54. The molecule has 0 unspecified atom stereocenters. The van der Waals surface area contributed by atoms with Crippen molar-refractivity contribution in [1.29, 1.82) is 0 Å². The maximum atomic E-state index is 2.40. The van der Waals surface area contributed by atoms with Gasteiger partial charge in [0.05, 0.1) is 22.1 Å². The fraction of sp³-hybridized carbons (Fsp3) is 0. The predicted octanol–water partition coefficient (Wildman–Crippen LogP) is 11.2. The molecule has 9 aromatic rings. The highest BCUT2D eigenvalue weighted by Gasteiger charge is 2.16. The van der Waals surface area contributed by atoms with E-state index in [0.29, 0.717) is 0 Å².